The van der Waals surface area contributed by atoms with Gasteiger partial charge in [0.05, 0.1) is 6.04 Å². The van der Waals surface area contributed by atoms with Crippen LogP contribution in [0, 0.1) is 5.92 Å². The molecule has 2 heterocycles. The van der Waals surface area contributed by atoms with E-state index in [1.54, 1.807) is 0 Å². The van der Waals surface area contributed by atoms with E-state index in [2.05, 4.69) is 65.4 Å². The third-order valence-electron chi connectivity index (χ3n) is 6.71. The number of likely N-dealkylation sites (tertiary alicyclic amines) is 1. The molecular weight excluding hydrogens is 370 g/mol. The fourth-order valence-corrected chi connectivity index (χ4v) is 4.56. The Morgan fingerprint density at radius 3 is 2.23 bits per heavy atom. The molecule has 4 nitrogen and oxygen atoms in total. The van der Waals surface area contributed by atoms with Crippen LogP contribution < -0.4 is 10.2 Å². The fraction of sp³-hybridized carbons (Fsp3) is 0.500. The summed E-state index contributed by atoms with van der Waals surface area (Å²) in [6.07, 6.45) is 5.14. The summed E-state index contributed by atoms with van der Waals surface area (Å²) >= 11 is 0. The summed E-state index contributed by atoms with van der Waals surface area (Å²) in [5, 5.41) is 3.15. The molecule has 2 aromatic carbocycles. The van der Waals surface area contributed by atoms with E-state index in [9.17, 15) is 4.79 Å². The van der Waals surface area contributed by atoms with Crippen LogP contribution in [0.25, 0.3) is 0 Å². The quantitative estimate of drug-likeness (QED) is 0.734. The fourth-order valence-electron chi connectivity index (χ4n) is 4.56. The van der Waals surface area contributed by atoms with Crippen molar-refractivity contribution in [2.24, 2.45) is 5.92 Å². The molecule has 0 aliphatic carbocycles. The van der Waals surface area contributed by atoms with Gasteiger partial charge in [-0.1, -0.05) is 31.2 Å². The summed E-state index contributed by atoms with van der Waals surface area (Å²) in [5.41, 5.74) is 4.44. The van der Waals surface area contributed by atoms with Gasteiger partial charge in [0.15, 0.2) is 0 Å². The van der Waals surface area contributed by atoms with Crippen LogP contribution in [0.2, 0.25) is 0 Å². The van der Waals surface area contributed by atoms with Gasteiger partial charge in [-0.25, -0.2) is 0 Å². The average molecular weight is 406 g/mol. The Balaban J connectivity index is 1.31. The number of carbonyl (C=O) groups is 1. The molecule has 0 spiro atoms. The van der Waals surface area contributed by atoms with E-state index in [0.717, 1.165) is 36.7 Å². The number of anilines is 1. The summed E-state index contributed by atoms with van der Waals surface area (Å²) in [5.74, 6) is 0.828. The lowest BCUT2D eigenvalue weighted by Crippen LogP contribution is -2.32. The minimum absolute atomic E-state index is 0.00989. The summed E-state index contributed by atoms with van der Waals surface area (Å²) in [6.45, 7) is 10.0. The van der Waals surface area contributed by atoms with Gasteiger partial charge in [-0.15, -0.1) is 0 Å². The molecule has 2 aliphatic heterocycles. The van der Waals surface area contributed by atoms with Crippen LogP contribution in [-0.2, 0) is 6.54 Å². The lowest BCUT2D eigenvalue weighted by atomic mass is 9.98. The summed E-state index contributed by atoms with van der Waals surface area (Å²) < 4.78 is 0. The highest BCUT2D eigenvalue weighted by molar-refractivity contribution is 5.94. The molecule has 2 saturated heterocycles. The zero-order valence-electron chi connectivity index (χ0n) is 18.4. The molecule has 4 heteroatoms. The van der Waals surface area contributed by atoms with Crippen molar-refractivity contribution in [1.29, 1.82) is 0 Å². The lowest BCUT2D eigenvalue weighted by molar-refractivity contribution is 0.0940. The molecular formula is C26H35N3O. The predicted octanol–water partition coefficient (Wildman–Crippen LogP) is 5.01. The summed E-state index contributed by atoms with van der Waals surface area (Å²) in [7, 11) is 0. The largest absolute Gasteiger partial charge is 0.372 e. The first-order chi connectivity index (χ1) is 14.6. The number of hydrogen-bond donors (Lipinski definition) is 1. The van der Waals surface area contributed by atoms with Crippen LogP contribution in [0.1, 0.15) is 67.1 Å². The highest BCUT2D eigenvalue weighted by Crippen LogP contribution is 2.24. The zero-order chi connectivity index (χ0) is 20.9. The Morgan fingerprint density at radius 1 is 0.967 bits per heavy atom. The van der Waals surface area contributed by atoms with Crippen LogP contribution in [-0.4, -0.2) is 37.0 Å². The van der Waals surface area contributed by atoms with Gasteiger partial charge in [0.2, 0.25) is 0 Å². The lowest BCUT2D eigenvalue weighted by Gasteiger charge is -2.32. The number of piperidine rings is 1. The van der Waals surface area contributed by atoms with Gasteiger partial charge in [0, 0.05) is 30.9 Å². The molecule has 160 valence electrons. The van der Waals surface area contributed by atoms with Gasteiger partial charge in [0.1, 0.15) is 0 Å². The Hall–Kier alpha value is -2.33. The van der Waals surface area contributed by atoms with Gasteiger partial charge in [0.25, 0.3) is 5.91 Å². The average Bonchev–Trinajstić information content (AvgIpc) is 3.28. The normalized spacial score (nSPS) is 19.1. The molecule has 2 aromatic rings. The molecule has 0 aromatic heterocycles. The van der Waals surface area contributed by atoms with Crippen molar-refractivity contribution in [3.63, 3.8) is 0 Å². The van der Waals surface area contributed by atoms with E-state index in [1.807, 2.05) is 12.1 Å². The van der Waals surface area contributed by atoms with Gasteiger partial charge in [-0.3, -0.25) is 9.69 Å². The molecule has 1 amide bonds. The molecule has 1 unspecified atom stereocenters. The van der Waals surface area contributed by atoms with Crippen molar-refractivity contribution >= 4 is 11.6 Å². The van der Waals surface area contributed by atoms with Crippen molar-refractivity contribution in [2.45, 2.75) is 52.1 Å². The van der Waals surface area contributed by atoms with E-state index >= 15 is 0 Å². The van der Waals surface area contributed by atoms with Crippen LogP contribution >= 0.6 is 0 Å². The monoisotopic (exact) mass is 405 g/mol. The number of carbonyl (C=O) groups excluding carboxylic acids is 1. The number of benzene rings is 2. The van der Waals surface area contributed by atoms with E-state index in [1.165, 1.54) is 50.0 Å². The minimum Gasteiger partial charge on any atom is -0.372 e. The number of rotatable bonds is 6. The summed E-state index contributed by atoms with van der Waals surface area (Å²) in [4.78, 5) is 17.6. The number of nitrogens with zero attached hydrogens (tertiary/aromatic N) is 2. The molecule has 4 rings (SSSR count). The molecule has 30 heavy (non-hydrogen) atoms. The zero-order valence-corrected chi connectivity index (χ0v) is 18.4. The standard InChI is InChI=1S/C26H35N3O/c1-20-13-17-29(18-14-20)25-11-9-23(10-12-25)21(2)27-26(30)24-7-5-22(6-8-24)19-28-15-3-4-16-28/h5-12,20-21H,3-4,13-19H2,1-2H3,(H,27,30). The second-order valence-electron chi connectivity index (χ2n) is 9.14. The topological polar surface area (TPSA) is 35.6 Å². The Labute approximate surface area is 181 Å². The van der Waals surface area contributed by atoms with Crippen molar-refractivity contribution in [3.8, 4) is 0 Å². The van der Waals surface area contributed by atoms with Crippen molar-refractivity contribution in [1.82, 2.24) is 10.2 Å². The van der Waals surface area contributed by atoms with Crippen LogP contribution in [0.4, 0.5) is 5.69 Å². The van der Waals surface area contributed by atoms with Crippen LogP contribution in [0.15, 0.2) is 48.5 Å². The van der Waals surface area contributed by atoms with Crippen molar-refractivity contribution in [3.05, 3.63) is 65.2 Å². The third-order valence-corrected chi connectivity index (χ3v) is 6.71. The Kier molecular flexibility index (Phi) is 6.73. The SMILES string of the molecule is CC1CCN(c2ccc(C(C)NC(=O)c3ccc(CN4CCCC4)cc3)cc2)CC1. The van der Waals surface area contributed by atoms with Crippen molar-refractivity contribution < 1.29 is 4.79 Å². The number of amides is 1. The first-order valence-electron chi connectivity index (χ1n) is 11.6. The predicted molar refractivity (Wildman–Crippen MR) is 124 cm³/mol. The molecule has 2 fully saturated rings. The maximum Gasteiger partial charge on any atom is 0.251 e. The first kappa shape index (κ1) is 20.9. The maximum absolute atomic E-state index is 12.7. The van der Waals surface area contributed by atoms with Gasteiger partial charge >= 0.3 is 0 Å². The molecule has 0 bridgehead atoms. The van der Waals surface area contributed by atoms with Gasteiger partial charge < -0.3 is 10.2 Å². The van der Waals surface area contributed by atoms with E-state index in [0.29, 0.717) is 0 Å². The molecule has 2 aliphatic rings. The summed E-state index contributed by atoms with van der Waals surface area (Å²) in [6, 6.07) is 16.8. The Bertz CT molecular complexity index is 816. The van der Waals surface area contributed by atoms with Crippen LogP contribution in [0.3, 0.4) is 0 Å². The smallest absolute Gasteiger partial charge is 0.251 e. The first-order valence-corrected chi connectivity index (χ1v) is 11.6. The highest BCUT2D eigenvalue weighted by atomic mass is 16.1. The van der Waals surface area contributed by atoms with Crippen LogP contribution in [0.5, 0.6) is 0 Å². The highest BCUT2D eigenvalue weighted by Gasteiger charge is 2.17. The van der Waals surface area contributed by atoms with Gasteiger partial charge in [-0.05, 0) is 87.0 Å². The van der Waals surface area contributed by atoms with E-state index in [-0.39, 0.29) is 11.9 Å². The second kappa shape index (κ2) is 9.65. The molecule has 0 radical (unpaired) electrons. The number of nitrogens with one attached hydrogen (secondary N) is 1. The number of hydrogen-bond acceptors (Lipinski definition) is 3. The third kappa shape index (κ3) is 5.23. The molecule has 1 N–H and O–H groups in total. The van der Waals surface area contributed by atoms with E-state index in [4.69, 9.17) is 0 Å². The second-order valence-corrected chi connectivity index (χ2v) is 9.14. The Morgan fingerprint density at radius 2 is 1.60 bits per heavy atom. The van der Waals surface area contributed by atoms with Gasteiger partial charge in [-0.2, -0.15) is 0 Å². The van der Waals surface area contributed by atoms with Crippen molar-refractivity contribution in [2.75, 3.05) is 31.1 Å². The molecule has 0 saturated carbocycles. The van der Waals surface area contributed by atoms with E-state index < -0.39 is 0 Å². The maximum atomic E-state index is 12.7. The minimum atomic E-state index is -0.0165. The molecule has 1 atom stereocenters.